The van der Waals surface area contributed by atoms with Gasteiger partial charge in [0, 0.05) is 11.8 Å². The minimum atomic E-state index is -0.0564. The van der Waals surface area contributed by atoms with Gasteiger partial charge in [-0.15, -0.1) is 0 Å². The SMILES string of the molecule is CC(CCC1(C)CCCC2C1CCC1(C)C(=O)CCC21)N=O. The first-order valence-electron chi connectivity index (χ1n) is 9.26. The second kappa shape index (κ2) is 5.72. The highest BCUT2D eigenvalue weighted by Gasteiger charge is 2.57. The summed E-state index contributed by atoms with van der Waals surface area (Å²) < 4.78 is 0. The summed E-state index contributed by atoms with van der Waals surface area (Å²) in [4.78, 5) is 23.1. The summed E-state index contributed by atoms with van der Waals surface area (Å²) in [6.07, 6.45) is 10.2. The molecule has 3 saturated carbocycles. The second-order valence-electron chi connectivity index (χ2n) is 8.83. The summed E-state index contributed by atoms with van der Waals surface area (Å²) in [5.41, 5.74) is 0.339. The molecule has 0 radical (unpaired) electrons. The first-order valence-corrected chi connectivity index (χ1v) is 9.26. The largest absolute Gasteiger partial charge is 0.299 e. The van der Waals surface area contributed by atoms with E-state index in [0.29, 0.717) is 17.1 Å². The molecule has 0 amide bonds. The Kier molecular flexibility index (Phi) is 4.20. The minimum Gasteiger partial charge on any atom is -0.299 e. The molecular formula is C19H31NO2. The van der Waals surface area contributed by atoms with Crippen molar-refractivity contribution in [1.29, 1.82) is 0 Å². The Hall–Kier alpha value is -0.730. The van der Waals surface area contributed by atoms with Gasteiger partial charge in [0.1, 0.15) is 5.78 Å². The highest BCUT2D eigenvalue weighted by Crippen LogP contribution is 2.62. The van der Waals surface area contributed by atoms with Crippen LogP contribution in [-0.4, -0.2) is 11.8 Å². The molecule has 3 fully saturated rings. The number of nitrogens with zero attached hydrogens (tertiary/aromatic N) is 1. The molecule has 0 aromatic carbocycles. The first kappa shape index (κ1) is 16.1. The number of hydrogen-bond donors (Lipinski definition) is 0. The van der Waals surface area contributed by atoms with E-state index in [1.54, 1.807) is 0 Å². The van der Waals surface area contributed by atoms with Crippen LogP contribution in [0.4, 0.5) is 0 Å². The number of fused-ring (bicyclic) bond motifs is 3. The summed E-state index contributed by atoms with van der Waals surface area (Å²) in [5.74, 6) is 2.65. The van der Waals surface area contributed by atoms with E-state index in [1.807, 2.05) is 6.92 Å². The lowest BCUT2D eigenvalue weighted by atomic mass is 9.49. The number of carbonyl (C=O) groups excluding carboxylic acids is 1. The fourth-order valence-electron chi connectivity index (χ4n) is 6.16. The third-order valence-corrected chi connectivity index (χ3v) is 7.64. The van der Waals surface area contributed by atoms with E-state index in [4.69, 9.17) is 0 Å². The number of Topliss-reactive ketones (excluding diaryl/α,β-unsaturated/α-hetero) is 1. The Labute approximate surface area is 134 Å². The maximum Gasteiger partial charge on any atom is 0.139 e. The lowest BCUT2D eigenvalue weighted by molar-refractivity contribution is -0.133. The molecule has 0 spiro atoms. The van der Waals surface area contributed by atoms with Crippen LogP contribution in [0.15, 0.2) is 5.18 Å². The molecule has 0 N–H and O–H groups in total. The molecule has 0 heterocycles. The summed E-state index contributed by atoms with van der Waals surface area (Å²) >= 11 is 0. The van der Waals surface area contributed by atoms with E-state index in [2.05, 4.69) is 19.0 Å². The molecular weight excluding hydrogens is 274 g/mol. The number of ketones is 1. The highest BCUT2D eigenvalue weighted by molar-refractivity contribution is 5.87. The summed E-state index contributed by atoms with van der Waals surface area (Å²) in [6.45, 7) is 6.62. The van der Waals surface area contributed by atoms with Crippen molar-refractivity contribution in [1.82, 2.24) is 0 Å². The van der Waals surface area contributed by atoms with E-state index in [-0.39, 0.29) is 11.5 Å². The molecule has 3 nitrogen and oxygen atoms in total. The van der Waals surface area contributed by atoms with Gasteiger partial charge in [-0.25, -0.2) is 0 Å². The Bertz CT molecular complexity index is 462. The van der Waals surface area contributed by atoms with E-state index in [1.165, 1.54) is 25.7 Å². The van der Waals surface area contributed by atoms with Gasteiger partial charge in [-0.3, -0.25) is 4.79 Å². The molecule has 124 valence electrons. The van der Waals surface area contributed by atoms with E-state index in [9.17, 15) is 9.70 Å². The maximum atomic E-state index is 12.4. The van der Waals surface area contributed by atoms with Crippen molar-refractivity contribution in [2.75, 3.05) is 0 Å². The van der Waals surface area contributed by atoms with Gasteiger partial charge in [0.2, 0.25) is 0 Å². The van der Waals surface area contributed by atoms with Gasteiger partial charge in [0.15, 0.2) is 0 Å². The zero-order valence-corrected chi connectivity index (χ0v) is 14.4. The van der Waals surface area contributed by atoms with Crippen molar-refractivity contribution in [3.05, 3.63) is 4.91 Å². The van der Waals surface area contributed by atoms with Gasteiger partial charge in [-0.2, -0.15) is 4.91 Å². The molecule has 0 saturated heterocycles. The van der Waals surface area contributed by atoms with Crippen LogP contribution < -0.4 is 0 Å². The topological polar surface area (TPSA) is 46.5 Å². The number of carbonyl (C=O) groups is 1. The minimum absolute atomic E-state index is 0.0168. The summed E-state index contributed by atoms with van der Waals surface area (Å²) in [7, 11) is 0. The van der Waals surface area contributed by atoms with Crippen molar-refractivity contribution in [2.24, 2.45) is 33.8 Å². The zero-order valence-electron chi connectivity index (χ0n) is 14.4. The molecule has 6 unspecified atom stereocenters. The molecule has 0 bridgehead atoms. The molecule has 22 heavy (non-hydrogen) atoms. The van der Waals surface area contributed by atoms with Crippen LogP contribution in [0.3, 0.4) is 0 Å². The Morgan fingerprint density at radius 2 is 1.95 bits per heavy atom. The third kappa shape index (κ3) is 2.45. The van der Waals surface area contributed by atoms with Gasteiger partial charge in [-0.05, 0) is 75.0 Å². The van der Waals surface area contributed by atoms with Crippen LogP contribution in [0.2, 0.25) is 0 Å². The molecule has 0 aliphatic heterocycles. The third-order valence-electron chi connectivity index (χ3n) is 7.64. The molecule has 0 aromatic rings. The molecule has 3 heteroatoms. The molecule has 3 aliphatic rings. The number of rotatable bonds is 4. The first-order chi connectivity index (χ1) is 10.4. The van der Waals surface area contributed by atoms with Gasteiger partial charge in [0.25, 0.3) is 0 Å². The van der Waals surface area contributed by atoms with Gasteiger partial charge < -0.3 is 0 Å². The van der Waals surface area contributed by atoms with Crippen LogP contribution in [0.25, 0.3) is 0 Å². The maximum absolute atomic E-state index is 12.4. The van der Waals surface area contributed by atoms with Gasteiger partial charge in [-0.1, -0.05) is 25.4 Å². The zero-order chi connectivity index (χ0) is 16.0. The molecule has 3 aliphatic carbocycles. The number of nitroso groups, excluding NO2 is 1. The van der Waals surface area contributed by atoms with E-state index < -0.39 is 0 Å². The van der Waals surface area contributed by atoms with Gasteiger partial charge in [0.05, 0.1) is 6.04 Å². The van der Waals surface area contributed by atoms with E-state index in [0.717, 1.165) is 43.9 Å². The van der Waals surface area contributed by atoms with E-state index >= 15 is 0 Å². The molecule has 6 atom stereocenters. The fraction of sp³-hybridized carbons (Fsp3) is 0.947. The average molecular weight is 305 g/mol. The lowest BCUT2D eigenvalue weighted by Gasteiger charge is -2.55. The van der Waals surface area contributed by atoms with Crippen LogP contribution in [0, 0.1) is 33.5 Å². The molecule has 3 rings (SSSR count). The second-order valence-corrected chi connectivity index (χ2v) is 8.83. The van der Waals surface area contributed by atoms with Crippen molar-refractivity contribution in [3.8, 4) is 0 Å². The van der Waals surface area contributed by atoms with Crippen LogP contribution >= 0.6 is 0 Å². The van der Waals surface area contributed by atoms with Crippen LogP contribution in [0.5, 0.6) is 0 Å². The molecule has 0 aromatic heterocycles. The fourth-order valence-corrected chi connectivity index (χ4v) is 6.16. The smallest absolute Gasteiger partial charge is 0.139 e. The average Bonchev–Trinajstić information content (AvgIpc) is 2.81. The van der Waals surface area contributed by atoms with Crippen molar-refractivity contribution in [2.45, 2.75) is 84.6 Å². The summed E-state index contributed by atoms with van der Waals surface area (Å²) in [6, 6.07) is -0.0564. The number of hydrogen-bond acceptors (Lipinski definition) is 3. The Morgan fingerprint density at radius 1 is 1.18 bits per heavy atom. The predicted octanol–water partition coefficient (Wildman–Crippen LogP) is 5.12. The van der Waals surface area contributed by atoms with Crippen LogP contribution in [0.1, 0.15) is 78.6 Å². The highest BCUT2D eigenvalue weighted by atomic mass is 16.3. The Balaban J connectivity index is 1.77. The predicted molar refractivity (Wildman–Crippen MR) is 88.5 cm³/mol. The Morgan fingerprint density at radius 3 is 2.68 bits per heavy atom. The standard InChI is InChI=1S/C19H31NO2/c1-13(20-22)8-11-18(2)10-4-5-14-15(18)9-12-19(3)16(14)6-7-17(19)21/h13-16H,4-12H2,1-3H3. The van der Waals surface area contributed by atoms with Crippen LogP contribution in [-0.2, 0) is 4.79 Å². The quantitative estimate of drug-likeness (QED) is 0.676. The van der Waals surface area contributed by atoms with Crippen molar-refractivity contribution < 1.29 is 4.79 Å². The lowest BCUT2D eigenvalue weighted by Crippen LogP contribution is -2.49. The van der Waals surface area contributed by atoms with Gasteiger partial charge >= 0.3 is 0 Å². The monoisotopic (exact) mass is 305 g/mol. The summed E-state index contributed by atoms with van der Waals surface area (Å²) in [5, 5.41) is 3.19. The van der Waals surface area contributed by atoms with Crippen molar-refractivity contribution >= 4 is 5.78 Å². The normalized spacial score (nSPS) is 46.0. The van der Waals surface area contributed by atoms with Crippen molar-refractivity contribution in [3.63, 3.8) is 0 Å².